The Labute approximate surface area is 185 Å². The van der Waals surface area contributed by atoms with Crippen molar-refractivity contribution in [3.05, 3.63) is 35.4 Å². The molecule has 0 radical (unpaired) electrons. The SMILES string of the molecule is CC(C(=O)N1CC2CC(C1)C1CCCC(=O)N1C2)c1ccc(CC2CCCC2=O)cc1. The lowest BCUT2D eigenvalue weighted by molar-refractivity contribution is -0.149. The molecule has 5 nitrogen and oxygen atoms in total. The first kappa shape index (κ1) is 20.7. The summed E-state index contributed by atoms with van der Waals surface area (Å²) in [6.07, 6.45) is 7.53. The highest BCUT2D eigenvalue weighted by Crippen LogP contribution is 2.38. The maximum Gasteiger partial charge on any atom is 0.229 e. The van der Waals surface area contributed by atoms with Crippen molar-refractivity contribution in [1.29, 1.82) is 0 Å². The van der Waals surface area contributed by atoms with E-state index in [0.717, 1.165) is 70.1 Å². The van der Waals surface area contributed by atoms with Gasteiger partial charge < -0.3 is 9.80 Å². The summed E-state index contributed by atoms with van der Waals surface area (Å²) in [5, 5.41) is 0. The zero-order valence-corrected chi connectivity index (χ0v) is 18.6. The van der Waals surface area contributed by atoms with Crippen molar-refractivity contribution in [3.63, 3.8) is 0 Å². The first-order chi connectivity index (χ1) is 15.0. The highest BCUT2D eigenvalue weighted by Gasteiger charge is 2.45. The molecule has 1 aromatic rings. The quantitative estimate of drug-likeness (QED) is 0.745. The second-order valence-corrected chi connectivity index (χ2v) is 10.3. The van der Waals surface area contributed by atoms with E-state index >= 15 is 0 Å². The molecule has 5 rings (SSSR count). The van der Waals surface area contributed by atoms with Gasteiger partial charge >= 0.3 is 0 Å². The van der Waals surface area contributed by atoms with Crippen molar-refractivity contribution in [3.8, 4) is 0 Å². The maximum atomic E-state index is 13.4. The van der Waals surface area contributed by atoms with Gasteiger partial charge in [-0.05, 0) is 68.4 Å². The molecule has 5 atom stereocenters. The summed E-state index contributed by atoms with van der Waals surface area (Å²) in [6, 6.07) is 8.68. The third-order valence-electron chi connectivity index (χ3n) is 8.25. The number of rotatable bonds is 4. The van der Waals surface area contributed by atoms with Crippen LogP contribution >= 0.6 is 0 Å². The lowest BCUT2D eigenvalue weighted by Crippen LogP contribution is -2.61. The number of ketones is 1. The minimum absolute atomic E-state index is 0.162. The minimum atomic E-state index is -0.162. The smallest absolute Gasteiger partial charge is 0.229 e. The zero-order valence-electron chi connectivity index (χ0n) is 18.6. The van der Waals surface area contributed by atoms with Gasteiger partial charge in [-0.3, -0.25) is 14.4 Å². The largest absolute Gasteiger partial charge is 0.341 e. The molecule has 2 amide bonds. The summed E-state index contributed by atoms with van der Waals surface area (Å²) < 4.78 is 0. The molecule has 3 saturated heterocycles. The standard InChI is InChI=1S/C26H34N2O3/c1-17(20-10-8-18(9-11-20)12-21-4-2-6-24(21)29)26(31)27-14-19-13-22(16-27)23-5-3-7-25(30)28(23)15-19/h8-11,17,19,21-23H,2-7,12-16H2,1H3. The number of hydrogen-bond donors (Lipinski definition) is 0. The number of benzene rings is 1. The summed E-state index contributed by atoms with van der Waals surface area (Å²) in [5.41, 5.74) is 2.25. The number of likely N-dealkylation sites (tertiary alicyclic amines) is 1. The number of piperidine rings is 3. The monoisotopic (exact) mass is 422 g/mol. The van der Waals surface area contributed by atoms with Crippen LogP contribution in [0.3, 0.4) is 0 Å². The molecule has 4 fully saturated rings. The lowest BCUT2D eigenvalue weighted by atomic mass is 9.75. The van der Waals surface area contributed by atoms with E-state index in [1.54, 1.807) is 0 Å². The minimum Gasteiger partial charge on any atom is -0.341 e. The van der Waals surface area contributed by atoms with Gasteiger partial charge in [-0.25, -0.2) is 0 Å². The number of carbonyl (C=O) groups is 3. The van der Waals surface area contributed by atoms with E-state index in [4.69, 9.17) is 0 Å². The van der Waals surface area contributed by atoms with Crippen molar-refractivity contribution in [2.24, 2.45) is 17.8 Å². The first-order valence-electron chi connectivity index (χ1n) is 12.2. The van der Waals surface area contributed by atoms with E-state index in [2.05, 4.69) is 34.1 Å². The number of amides is 2. The van der Waals surface area contributed by atoms with Crippen molar-refractivity contribution >= 4 is 17.6 Å². The number of carbonyl (C=O) groups excluding carboxylic acids is 3. The van der Waals surface area contributed by atoms with E-state index < -0.39 is 0 Å². The number of hydrogen-bond acceptors (Lipinski definition) is 3. The van der Waals surface area contributed by atoms with Gasteiger partial charge in [0.1, 0.15) is 5.78 Å². The molecule has 166 valence electrons. The van der Waals surface area contributed by atoms with Gasteiger partial charge in [-0.15, -0.1) is 0 Å². The van der Waals surface area contributed by atoms with Crippen molar-refractivity contribution in [2.75, 3.05) is 19.6 Å². The third-order valence-corrected chi connectivity index (χ3v) is 8.25. The Morgan fingerprint density at radius 2 is 1.81 bits per heavy atom. The molecule has 31 heavy (non-hydrogen) atoms. The van der Waals surface area contributed by atoms with Gasteiger partial charge in [-0.2, -0.15) is 0 Å². The molecule has 1 aromatic carbocycles. The second-order valence-electron chi connectivity index (χ2n) is 10.3. The van der Waals surface area contributed by atoms with Crippen molar-refractivity contribution < 1.29 is 14.4 Å². The number of Topliss-reactive ketones (excluding diaryl/α,β-unsaturated/α-hetero) is 1. The fraction of sp³-hybridized carbons (Fsp3) is 0.654. The Kier molecular flexibility index (Phi) is 5.61. The predicted molar refractivity (Wildman–Crippen MR) is 118 cm³/mol. The van der Waals surface area contributed by atoms with Gasteiger partial charge in [0.05, 0.1) is 5.92 Å². The molecule has 5 heteroatoms. The van der Waals surface area contributed by atoms with E-state index in [-0.39, 0.29) is 17.7 Å². The normalized spacial score (nSPS) is 31.5. The maximum absolute atomic E-state index is 13.4. The fourth-order valence-electron chi connectivity index (χ4n) is 6.54. The van der Waals surface area contributed by atoms with Gasteiger partial charge in [0.2, 0.25) is 11.8 Å². The average Bonchev–Trinajstić information content (AvgIpc) is 3.18. The number of nitrogens with zero attached hydrogens (tertiary/aromatic N) is 2. The summed E-state index contributed by atoms with van der Waals surface area (Å²) in [5.74, 6) is 1.80. The van der Waals surface area contributed by atoms with E-state index in [1.807, 2.05) is 6.92 Å². The Balaban J connectivity index is 1.23. The molecule has 0 aromatic heterocycles. The molecule has 4 aliphatic rings. The van der Waals surface area contributed by atoms with Crippen LogP contribution in [0.25, 0.3) is 0 Å². The van der Waals surface area contributed by atoms with Crippen LogP contribution in [-0.4, -0.2) is 53.1 Å². The molecule has 3 aliphatic heterocycles. The molecule has 1 saturated carbocycles. The summed E-state index contributed by atoms with van der Waals surface area (Å²) in [4.78, 5) is 41.8. The van der Waals surface area contributed by atoms with Gasteiger partial charge in [0.15, 0.2) is 0 Å². The summed E-state index contributed by atoms with van der Waals surface area (Å²) in [6.45, 7) is 4.40. The highest BCUT2D eigenvalue weighted by molar-refractivity contribution is 5.84. The van der Waals surface area contributed by atoms with Crippen molar-refractivity contribution in [1.82, 2.24) is 9.80 Å². The van der Waals surface area contributed by atoms with Crippen molar-refractivity contribution in [2.45, 2.75) is 70.3 Å². The zero-order chi connectivity index (χ0) is 21.5. The van der Waals surface area contributed by atoms with Gasteiger partial charge in [-0.1, -0.05) is 24.3 Å². The predicted octanol–water partition coefficient (Wildman–Crippen LogP) is 3.56. The van der Waals surface area contributed by atoms with E-state index in [1.165, 1.54) is 5.56 Å². The topological polar surface area (TPSA) is 57.7 Å². The molecule has 3 heterocycles. The van der Waals surface area contributed by atoms with E-state index in [0.29, 0.717) is 36.0 Å². The van der Waals surface area contributed by atoms with Crippen LogP contribution in [0.5, 0.6) is 0 Å². The summed E-state index contributed by atoms with van der Waals surface area (Å²) in [7, 11) is 0. The molecule has 0 N–H and O–H groups in total. The van der Waals surface area contributed by atoms with Crippen LogP contribution in [0.1, 0.15) is 68.9 Å². The van der Waals surface area contributed by atoms with Gasteiger partial charge in [0.25, 0.3) is 0 Å². The number of fused-ring (bicyclic) bond motifs is 4. The van der Waals surface area contributed by atoms with Crippen LogP contribution < -0.4 is 0 Å². The van der Waals surface area contributed by atoms with Crippen LogP contribution in [0.4, 0.5) is 0 Å². The second kappa shape index (κ2) is 8.40. The Morgan fingerprint density at radius 1 is 1.03 bits per heavy atom. The van der Waals surface area contributed by atoms with Crippen LogP contribution in [0, 0.1) is 17.8 Å². The Bertz CT molecular complexity index is 864. The molecule has 5 unspecified atom stereocenters. The van der Waals surface area contributed by atoms with Gasteiger partial charge in [0, 0.05) is 44.4 Å². The average molecular weight is 423 g/mol. The molecule has 2 bridgehead atoms. The van der Waals surface area contributed by atoms with Crippen LogP contribution in [-0.2, 0) is 20.8 Å². The lowest BCUT2D eigenvalue weighted by Gasteiger charge is -2.52. The van der Waals surface area contributed by atoms with Crippen LogP contribution in [0.2, 0.25) is 0 Å². The summed E-state index contributed by atoms with van der Waals surface area (Å²) >= 11 is 0. The Morgan fingerprint density at radius 3 is 2.55 bits per heavy atom. The third kappa shape index (κ3) is 4.04. The van der Waals surface area contributed by atoms with Crippen LogP contribution in [0.15, 0.2) is 24.3 Å². The van der Waals surface area contributed by atoms with E-state index in [9.17, 15) is 14.4 Å². The Hall–Kier alpha value is -2.17. The molecule has 0 spiro atoms. The fourth-order valence-corrected chi connectivity index (χ4v) is 6.54. The first-order valence-corrected chi connectivity index (χ1v) is 12.2. The molecular weight excluding hydrogens is 388 g/mol. The highest BCUT2D eigenvalue weighted by atomic mass is 16.2. The molecular formula is C26H34N2O3. The molecule has 1 aliphatic carbocycles.